The van der Waals surface area contributed by atoms with E-state index in [1.807, 2.05) is 36.4 Å². The Bertz CT molecular complexity index is 582. The Balaban J connectivity index is 1.71. The normalized spacial score (nSPS) is 14.1. The summed E-state index contributed by atoms with van der Waals surface area (Å²) in [6.45, 7) is 0.857. The number of para-hydroxylation sites is 2. The predicted molar refractivity (Wildman–Crippen MR) is 77.2 cm³/mol. The topological polar surface area (TPSA) is 43.4 Å². The molecule has 0 radical (unpaired) electrons. The first-order chi connectivity index (χ1) is 9.85. The molecule has 0 aliphatic heterocycles. The van der Waals surface area contributed by atoms with Crippen molar-refractivity contribution in [1.29, 1.82) is 0 Å². The smallest absolute Gasteiger partial charge is 0.219 e. The lowest BCUT2D eigenvalue weighted by atomic mass is 10.2. The summed E-state index contributed by atoms with van der Waals surface area (Å²) in [5.74, 6) is 1.97. The molecule has 0 saturated heterocycles. The van der Waals surface area contributed by atoms with Crippen LogP contribution < -0.4 is 14.8 Å². The van der Waals surface area contributed by atoms with Crippen molar-refractivity contribution in [3.05, 3.63) is 48.2 Å². The quantitative estimate of drug-likeness (QED) is 0.875. The Hall–Kier alpha value is -2.07. The first kappa shape index (κ1) is 12.9. The van der Waals surface area contributed by atoms with Gasteiger partial charge in [0.05, 0.1) is 7.11 Å². The maximum Gasteiger partial charge on any atom is 0.219 e. The van der Waals surface area contributed by atoms with Crippen LogP contribution in [0.3, 0.4) is 0 Å². The van der Waals surface area contributed by atoms with E-state index in [-0.39, 0.29) is 0 Å². The van der Waals surface area contributed by atoms with Crippen LogP contribution in [-0.4, -0.2) is 18.1 Å². The first-order valence-corrected chi connectivity index (χ1v) is 6.84. The van der Waals surface area contributed by atoms with Gasteiger partial charge in [-0.25, -0.2) is 4.98 Å². The van der Waals surface area contributed by atoms with Gasteiger partial charge in [-0.2, -0.15) is 0 Å². The molecular formula is C16H18N2O2. The Morgan fingerprint density at radius 2 is 2.00 bits per heavy atom. The van der Waals surface area contributed by atoms with Gasteiger partial charge in [0.1, 0.15) is 0 Å². The summed E-state index contributed by atoms with van der Waals surface area (Å²) in [4.78, 5) is 4.25. The van der Waals surface area contributed by atoms with Crippen LogP contribution >= 0.6 is 0 Å². The summed E-state index contributed by atoms with van der Waals surface area (Å²) < 4.78 is 11.1. The predicted octanol–water partition coefficient (Wildman–Crippen LogP) is 3.13. The molecule has 0 unspecified atom stereocenters. The van der Waals surface area contributed by atoms with Gasteiger partial charge in [-0.1, -0.05) is 12.1 Å². The standard InChI is InChI=1S/C16H18N2O2/c1-19-14-4-2-3-5-15(14)20-16-10-12(8-9-17-16)11-18-13-6-7-13/h2-5,8-10,13,18H,6-7,11H2,1H3. The van der Waals surface area contributed by atoms with Gasteiger partial charge >= 0.3 is 0 Å². The molecule has 20 heavy (non-hydrogen) atoms. The van der Waals surface area contributed by atoms with Crippen molar-refractivity contribution in [2.75, 3.05) is 7.11 Å². The molecule has 0 bridgehead atoms. The Labute approximate surface area is 118 Å². The van der Waals surface area contributed by atoms with Crippen LogP contribution in [-0.2, 0) is 6.54 Å². The molecule has 104 valence electrons. The highest BCUT2D eigenvalue weighted by Gasteiger charge is 2.20. The zero-order valence-electron chi connectivity index (χ0n) is 11.5. The van der Waals surface area contributed by atoms with Crippen LogP contribution in [0.2, 0.25) is 0 Å². The van der Waals surface area contributed by atoms with E-state index in [4.69, 9.17) is 9.47 Å². The van der Waals surface area contributed by atoms with Crippen molar-refractivity contribution in [3.63, 3.8) is 0 Å². The van der Waals surface area contributed by atoms with Gasteiger partial charge in [-0.05, 0) is 36.6 Å². The maximum atomic E-state index is 5.80. The van der Waals surface area contributed by atoms with Crippen molar-refractivity contribution >= 4 is 0 Å². The summed E-state index contributed by atoms with van der Waals surface area (Å²) in [5.41, 5.74) is 1.18. The van der Waals surface area contributed by atoms with Crippen molar-refractivity contribution in [2.45, 2.75) is 25.4 Å². The van der Waals surface area contributed by atoms with Crippen LogP contribution in [0, 0.1) is 0 Å². The van der Waals surface area contributed by atoms with E-state index < -0.39 is 0 Å². The van der Waals surface area contributed by atoms with E-state index in [1.165, 1.54) is 18.4 Å². The fourth-order valence-corrected chi connectivity index (χ4v) is 1.98. The van der Waals surface area contributed by atoms with Crippen molar-refractivity contribution in [3.8, 4) is 17.4 Å². The summed E-state index contributed by atoms with van der Waals surface area (Å²) in [5, 5.41) is 3.48. The summed E-state index contributed by atoms with van der Waals surface area (Å²) in [6.07, 6.45) is 4.35. The van der Waals surface area contributed by atoms with Crippen molar-refractivity contribution in [2.24, 2.45) is 0 Å². The van der Waals surface area contributed by atoms with E-state index in [2.05, 4.69) is 10.3 Å². The number of nitrogens with zero attached hydrogens (tertiary/aromatic N) is 1. The van der Waals surface area contributed by atoms with Gasteiger partial charge in [0.2, 0.25) is 5.88 Å². The molecule has 1 aliphatic rings. The highest BCUT2D eigenvalue weighted by molar-refractivity contribution is 5.41. The number of methoxy groups -OCH3 is 1. The third-order valence-corrected chi connectivity index (χ3v) is 3.26. The van der Waals surface area contributed by atoms with E-state index in [0.29, 0.717) is 23.4 Å². The average Bonchev–Trinajstić information content (AvgIpc) is 3.30. The van der Waals surface area contributed by atoms with Gasteiger partial charge in [-0.15, -0.1) is 0 Å². The highest BCUT2D eigenvalue weighted by atomic mass is 16.5. The minimum atomic E-state index is 0.588. The molecule has 4 nitrogen and oxygen atoms in total. The lowest BCUT2D eigenvalue weighted by Crippen LogP contribution is -2.15. The minimum Gasteiger partial charge on any atom is -0.493 e. The molecule has 1 aromatic carbocycles. The number of hydrogen-bond donors (Lipinski definition) is 1. The van der Waals surface area contributed by atoms with Gasteiger partial charge in [0, 0.05) is 24.8 Å². The molecule has 0 spiro atoms. The lowest BCUT2D eigenvalue weighted by molar-refractivity contribution is 0.374. The number of benzene rings is 1. The number of pyridine rings is 1. The molecule has 0 amide bonds. The molecule has 1 aromatic heterocycles. The Morgan fingerprint density at radius 3 is 2.75 bits per heavy atom. The fraction of sp³-hybridized carbons (Fsp3) is 0.312. The monoisotopic (exact) mass is 270 g/mol. The number of ether oxygens (including phenoxy) is 2. The number of hydrogen-bond acceptors (Lipinski definition) is 4. The Kier molecular flexibility index (Phi) is 3.83. The summed E-state index contributed by atoms with van der Waals surface area (Å²) >= 11 is 0. The molecule has 1 heterocycles. The fourth-order valence-electron chi connectivity index (χ4n) is 1.98. The third-order valence-electron chi connectivity index (χ3n) is 3.26. The molecule has 1 saturated carbocycles. The van der Waals surface area contributed by atoms with E-state index in [0.717, 1.165) is 6.54 Å². The van der Waals surface area contributed by atoms with E-state index in [9.17, 15) is 0 Å². The number of nitrogens with one attached hydrogen (secondary N) is 1. The van der Waals surface area contributed by atoms with E-state index >= 15 is 0 Å². The highest BCUT2D eigenvalue weighted by Crippen LogP contribution is 2.30. The number of aromatic nitrogens is 1. The van der Waals surface area contributed by atoms with E-state index in [1.54, 1.807) is 13.3 Å². The van der Waals surface area contributed by atoms with Crippen molar-refractivity contribution in [1.82, 2.24) is 10.3 Å². The molecule has 0 atom stereocenters. The molecule has 1 fully saturated rings. The average molecular weight is 270 g/mol. The van der Waals surface area contributed by atoms with Gasteiger partial charge in [0.15, 0.2) is 11.5 Å². The SMILES string of the molecule is COc1ccccc1Oc1cc(CNC2CC2)ccn1. The molecule has 1 aliphatic carbocycles. The molecule has 4 heteroatoms. The first-order valence-electron chi connectivity index (χ1n) is 6.84. The second kappa shape index (κ2) is 5.92. The van der Waals surface area contributed by atoms with Crippen molar-refractivity contribution < 1.29 is 9.47 Å². The second-order valence-corrected chi connectivity index (χ2v) is 4.91. The van der Waals surface area contributed by atoms with Gasteiger partial charge in [-0.3, -0.25) is 0 Å². The zero-order chi connectivity index (χ0) is 13.8. The second-order valence-electron chi connectivity index (χ2n) is 4.91. The summed E-state index contributed by atoms with van der Waals surface area (Å²) in [7, 11) is 1.63. The number of rotatable bonds is 6. The van der Waals surface area contributed by atoms with Crippen LogP contribution in [0.5, 0.6) is 17.4 Å². The molecule has 1 N–H and O–H groups in total. The molecule has 3 rings (SSSR count). The summed E-state index contributed by atoms with van der Waals surface area (Å²) in [6, 6.07) is 12.2. The minimum absolute atomic E-state index is 0.588. The Morgan fingerprint density at radius 1 is 1.20 bits per heavy atom. The molecule has 2 aromatic rings. The lowest BCUT2D eigenvalue weighted by Gasteiger charge is -2.10. The van der Waals surface area contributed by atoms with Gasteiger partial charge in [0.25, 0.3) is 0 Å². The maximum absolute atomic E-state index is 5.80. The zero-order valence-corrected chi connectivity index (χ0v) is 11.5. The third kappa shape index (κ3) is 3.27. The van der Waals surface area contributed by atoms with Crippen LogP contribution in [0.4, 0.5) is 0 Å². The van der Waals surface area contributed by atoms with Gasteiger partial charge < -0.3 is 14.8 Å². The van der Waals surface area contributed by atoms with Crippen LogP contribution in [0.1, 0.15) is 18.4 Å². The largest absolute Gasteiger partial charge is 0.493 e. The van der Waals surface area contributed by atoms with Crippen LogP contribution in [0.15, 0.2) is 42.6 Å². The van der Waals surface area contributed by atoms with Crippen LogP contribution in [0.25, 0.3) is 0 Å². The molecular weight excluding hydrogens is 252 g/mol.